The number of aliphatic imine (C=N–C) groups is 1. The molecule has 2 rings (SSSR count). The molecule has 2 aromatic rings. The average molecular weight is 371 g/mol. The van der Waals surface area contributed by atoms with E-state index in [2.05, 4.69) is 9.98 Å². The van der Waals surface area contributed by atoms with Crippen LogP contribution in [0.1, 0.15) is 56.2 Å². The maximum Gasteiger partial charge on any atom is 0.346 e. The number of carbonyl (C=O) groups excluding carboxylic acids is 1. The van der Waals surface area contributed by atoms with Crippen LogP contribution in [0.4, 0.5) is 5.82 Å². The van der Waals surface area contributed by atoms with Crippen molar-refractivity contribution in [2.24, 2.45) is 10.7 Å². The average Bonchev–Trinajstić information content (AvgIpc) is 2.61. The zero-order valence-corrected chi connectivity index (χ0v) is 16.9. The van der Waals surface area contributed by atoms with Crippen molar-refractivity contribution in [3.05, 3.63) is 53.2 Å². The van der Waals surface area contributed by atoms with Gasteiger partial charge in [-0.2, -0.15) is 0 Å². The predicted molar refractivity (Wildman–Crippen MR) is 109 cm³/mol. The van der Waals surface area contributed by atoms with Crippen LogP contribution in [-0.4, -0.2) is 22.9 Å². The van der Waals surface area contributed by atoms with Crippen molar-refractivity contribution >= 4 is 18.1 Å². The summed E-state index contributed by atoms with van der Waals surface area (Å²) in [6.07, 6.45) is 1.09. The molecule has 146 valence electrons. The highest BCUT2D eigenvalue weighted by Crippen LogP contribution is 2.31. The lowest BCUT2D eigenvalue weighted by molar-refractivity contribution is 0.00662. The summed E-state index contributed by atoms with van der Waals surface area (Å²) in [5.41, 5.74) is 6.56. The lowest BCUT2D eigenvalue weighted by atomic mass is 10.1. The summed E-state index contributed by atoms with van der Waals surface area (Å²) in [4.78, 5) is 20.9. The lowest BCUT2D eigenvalue weighted by Gasteiger charge is -2.21. The minimum Gasteiger partial charge on any atom is -0.488 e. The maximum absolute atomic E-state index is 12.6. The van der Waals surface area contributed by atoms with Gasteiger partial charge in [0, 0.05) is 11.8 Å². The van der Waals surface area contributed by atoms with Crippen molar-refractivity contribution in [2.75, 3.05) is 0 Å². The van der Waals surface area contributed by atoms with Crippen LogP contribution >= 0.6 is 0 Å². The van der Waals surface area contributed by atoms with E-state index in [-0.39, 0.29) is 11.4 Å². The van der Waals surface area contributed by atoms with E-state index in [1.807, 2.05) is 44.2 Å². The van der Waals surface area contributed by atoms with Crippen molar-refractivity contribution < 1.29 is 14.3 Å². The number of nitrogens with two attached hydrogens (primary N) is 1. The fourth-order valence-electron chi connectivity index (χ4n) is 2.16. The molecule has 27 heavy (non-hydrogen) atoms. The van der Waals surface area contributed by atoms with E-state index in [1.54, 1.807) is 33.8 Å². The third-order valence-electron chi connectivity index (χ3n) is 3.13. The molecule has 1 aromatic carbocycles. The molecule has 6 heteroatoms. The molecular weight excluding hydrogens is 342 g/mol. The summed E-state index contributed by atoms with van der Waals surface area (Å²) >= 11 is 0. The minimum atomic E-state index is -0.650. The van der Waals surface area contributed by atoms with Gasteiger partial charge in [-0.3, -0.25) is 0 Å². The highest BCUT2D eigenvalue weighted by molar-refractivity contribution is 5.97. The van der Waals surface area contributed by atoms with Crippen LogP contribution in [0.5, 0.6) is 5.75 Å². The number of pyridine rings is 1. The van der Waals surface area contributed by atoms with Crippen LogP contribution in [0.3, 0.4) is 0 Å². The first-order valence-corrected chi connectivity index (χ1v) is 8.96. The number of carbonyl (C=O) groups is 1. The van der Waals surface area contributed by atoms with Crippen LogP contribution < -0.4 is 10.5 Å². The first-order chi connectivity index (χ1) is 12.8. The zero-order valence-electron chi connectivity index (χ0n) is 16.9. The second-order valence-corrected chi connectivity index (χ2v) is 6.51. The largest absolute Gasteiger partial charge is 0.488 e. The molecule has 0 spiro atoms. The Morgan fingerprint density at radius 2 is 1.85 bits per heavy atom. The number of aromatic nitrogens is 1. The van der Waals surface area contributed by atoms with Gasteiger partial charge in [-0.05, 0) is 33.3 Å². The number of hydrogen-bond donors (Lipinski definition) is 1. The van der Waals surface area contributed by atoms with Crippen LogP contribution in [0, 0.1) is 6.92 Å². The molecule has 0 atom stereocenters. The second kappa shape index (κ2) is 10.3. The van der Waals surface area contributed by atoms with Crippen molar-refractivity contribution in [3.8, 4) is 5.75 Å². The topological polar surface area (TPSA) is 86.8 Å². The van der Waals surface area contributed by atoms with Gasteiger partial charge >= 0.3 is 5.97 Å². The monoisotopic (exact) mass is 371 g/mol. The molecule has 0 amide bonds. The van der Waals surface area contributed by atoms with Gasteiger partial charge in [0.2, 0.25) is 0 Å². The molecule has 0 bridgehead atoms. The smallest absolute Gasteiger partial charge is 0.346 e. The van der Waals surface area contributed by atoms with E-state index < -0.39 is 11.6 Å². The Hall–Kier alpha value is -2.89. The molecule has 6 nitrogen and oxygen atoms in total. The number of rotatable bonds is 5. The van der Waals surface area contributed by atoms with Crippen molar-refractivity contribution in [3.63, 3.8) is 0 Å². The summed E-state index contributed by atoms with van der Waals surface area (Å²) in [5, 5.41) is 0. The SMILES string of the molecule is CC.Cc1cc(OCc2ccccc2)c(C(=O)OC(C)(C)C)c(N=CN)n1. The van der Waals surface area contributed by atoms with Gasteiger partial charge < -0.3 is 15.2 Å². The molecule has 0 aliphatic heterocycles. The van der Waals surface area contributed by atoms with Crippen LogP contribution in [0.15, 0.2) is 41.4 Å². The molecule has 0 unspecified atom stereocenters. The van der Waals surface area contributed by atoms with Crippen molar-refractivity contribution in [1.29, 1.82) is 0 Å². The first-order valence-electron chi connectivity index (χ1n) is 8.96. The van der Waals surface area contributed by atoms with Gasteiger partial charge in [0.25, 0.3) is 0 Å². The Kier molecular flexibility index (Phi) is 8.45. The summed E-state index contributed by atoms with van der Waals surface area (Å²) in [7, 11) is 0. The third-order valence-corrected chi connectivity index (χ3v) is 3.13. The first kappa shape index (κ1) is 22.2. The number of ether oxygens (including phenoxy) is 2. The highest BCUT2D eigenvalue weighted by atomic mass is 16.6. The third kappa shape index (κ3) is 7.09. The quantitative estimate of drug-likeness (QED) is 0.473. The van der Waals surface area contributed by atoms with Crippen LogP contribution in [0.25, 0.3) is 0 Å². The number of nitrogens with zero attached hydrogens (tertiary/aromatic N) is 2. The Bertz CT molecular complexity index is 766. The Morgan fingerprint density at radius 1 is 1.22 bits per heavy atom. The summed E-state index contributed by atoms with van der Waals surface area (Å²) in [6, 6.07) is 11.4. The molecule has 0 saturated carbocycles. The predicted octanol–water partition coefficient (Wildman–Crippen LogP) is 4.57. The fraction of sp³-hybridized carbons (Fsp3) is 0.381. The number of aryl methyl sites for hydroxylation is 1. The van der Waals surface area contributed by atoms with E-state index in [1.165, 1.54) is 0 Å². The molecular formula is C21H29N3O3. The van der Waals surface area contributed by atoms with Gasteiger partial charge in [0.1, 0.15) is 23.5 Å². The maximum atomic E-state index is 12.6. The zero-order chi connectivity index (χ0) is 20.4. The molecule has 0 fully saturated rings. The molecule has 0 aliphatic carbocycles. The van der Waals surface area contributed by atoms with Gasteiger partial charge in [0.05, 0.1) is 6.34 Å². The molecule has 1 heterocycles. The minimum absolute atomic E-state index is 0.165. The van der Waals surface area contributed by atoms with Crippen molar-refractivity contribution in [2.45, 2.75) is 53.8 Å². The molecule has 0 radical (unpaired) electrons. The normalized spacial score (nSPS) is 10.9. The van der Waals surface area contributed by atoms with Gasteiger partial charge in [-0.1, -0.05) is 44.2 Å². The highest BCUT2D eigenvalue weighted by Gasteiger charge is 2.25. The Labute approximate surface area is 161 Å². The van der Waals surface area contributed by atoms with E-state index in [0.717, 1.165) is 11.9 Å². The van der Waals surface area contributed by atoms with Gasteiger partial charge in [0.15, 0.2) is 5.82 Å². The summed E-state index contributed by atoms with van der Waals surface area (Å²) in [5.74, 6) is -0.00493. The summed E-state index contributed by atoms with van der Waals surface area (Å²) < 4.78 is 11.3. The molecule has 2 N–H and O–H groups in total. The van der Waals surface area contributed by atoms with E-state index in [9.17, 15) is 4.79 Å². The van der Waals surface area contributed by atoms with E-state index in [4.69, 9.17) is 15.2 Å². The molecule has 0 aliphatic rings. The Balaban J connectivity index is 0.00000176. The molecule has 0 saturated heterocycles. The van der Waals surface area contributed by atoms with E-state index in [0.29, 0.717) is 18.1 Å². The van der Waals surface area contributed by atoms with Gasteiger partial charge in [-0.25, -0.2) is 14.8 Å². The standard InChI is InChI=1S/C19H23N3O3.C2H6/c1-13-10-15(24-11-14-8-6-5-7-9-14)16(17(22-13)21-12-20)18(23)25-19(2,3)4;1-2/h5-10,12H,11H2,1-4H3,(H2,20,21,22);1-2H3. The summed E-state index contributed by atoms with van der Waals surface area (Å²) in [6.45, 7) is 11.5. The van der Waals surface area contributed by atoms with Crippen LogP contribution in [0.2, 0.25) is 0 Å². The van der Waals surface area contributed by atoms with Crippen molar-refractivity contribution in [1.82, 2.24) is 4.98 Å². The van der Waals surface area contributed by atoms with Gasteiger partial charge in [-0.15, -0.1) is 0 Å². The van der Waals surface area contributed by atoms with E-state index >= 15 is 0 Å². The second-order valence-electron chi connectivity index (χ2n) is 6.51. The molecule has 1 aromatic heterocycles. The number of esters is 1. The van der Waals surface area contributed by atoms with Crippen LogP contribution in [-0.2, 0) is 11.3 Å². The fourth-order valence-corrected chi connectivity index (χ4v) is 2.16. The number of benzene rings is 1. The lowest BCUT2D eigenvalue weighted by Crippen LogP contribution is -2.24. The number of hydrogen-bond acceptors (Lipinski definition) is 5. The Morgan fingerprint density at radius 3 is 2.41 bits per heavy atom.